The van der Waals surface area contributed by atoms with Crippen LogP contribution in [0.3, 0.4) is 0 Å². The molecule has 40 nitrogen and oxygen atoms in total. The number of methoxy groups -OCH3 is 4. The molecule has 608 valence electrons. The van der Waals surface area contributed by atoms with Gasteiger partial charge in [-0.2, -0.15) is 39.9 Å². The number of anilines is 4. The fraction of sp³-hybridized carbons (Fsp3) is 0.449. The molecule has 0 saturated carbocycles. The summed E-state index contributed by atoms with van der Waals surface area (Å²) in [4.78, 5) is 53.4. The summed E-state index contributed by atoms with van der Waals surface area (Å²) in [6.07, 6.45) is 2.30. The zero-order chi connectivity index (χ0) is 80.1. The van der Waals surface area contributed by atoms with Gasteiger partial charge in [0.15, 0.2) is 67.1 Å². The number of H-pyrrole nitrogens is 1. The summed E-state index contributed by atoms with van der Waals surface area (Å²) in [5.41, 5.74) is 27.6. The largest absolute Gasteiger partial charge is 0.491 e. The molecule has 0 aliphatic heterocycles. The van der Waals surface area contributed by atoms with Crippen LogP contribution < -0.4 is 56.1 Å². The minimum atomic E-state index is -3.44. The van der Waals surface area contributed by atoms with Crippen LogP contribution in [0.15, 0.2) is 115 Å². The lowest BCUT2D eigenvalue weighted by Crippen LogP contribution is -2.28. The van der Waals surface area contributed by atoms with E-state index in [0.717, 1.165) is 0 Å². The van der Waals surface area contributed by atoms with E-state index in [9.17, 15) is 14.2 Å². The number of imidazole rings is 4. The molecule has 10 N–H and O–H groups in total. The Labute approximate surface area is 653 Å². The second kappa shape index (κ2) is 46.2. The number of benzene rings is 3. The van der Waals surface area contributed by atoms with Crippen molar-refractivity contribution in [1.82, 2.24) is 78.5 Å². The second-order valence-corrected chi connectivity index (χ2v) is 27.8. The summed E-state index contributed by atoms with van der Waals surface area (Å²) < 4.78 is 124. The van der Waals surface area contributed by atoms with Crippen molar-refractivity contribution in [1.29, 1.82) is 0 Å². The molecule has 112 heavy (non-hydrogen) atoms. The number of aliphatic hydroxyl groups excluding tert-OH is 1. The van der Waals surface area contributed by atoms with Crippen molar-refractivity contribution in [3.8, 4) is 41.3 Å². The summed E-state index contributed by atoms with van der Waals surface area (Å²) in [5, 5.41) is 10.3. The fourth-order valence-electron chi connectivity index (χ4n) is 9.79. The van der Waals surface area contributed by atoms with Crippen LogP contribution in [0.2, 0.25) is 0 Å². The molecule has 0 saturated heterocycles. The molecule has 3 aromatic carbocycles. The van der Waals surface area contributed by atoms with Crippen LogP contribution >= 0.6 is 31.1 Å². The van der Waals surface area contributed by atoms with Crippen LogP contribution in [-0.2, 0) is 75.3 Å². The van der Waals surface area contributed by atoms with Gasteiger partial charge in [-0.25, -0.2) is 19.9 Å². The van der Waals surface area contributed by atoms with Gasteiger partial charge in [0.1, 0.15) is 100 Å². The van der Waals surface area contributed by atoms with Gasteiger partial charge in [0.2, 0.25) is 0 Å². The number of aromatic nitrogens is 16. The van der Waals surface area contributed by atoms with E-state index in [-0.39, 0.29) is 133 Å². The monoisotopic (exact) mass is 1660 g/mol. The first kappa shape index (κ1) is 87.7. The molecule has 0 bridgehead atoms. The molecule has 0 amide bonds. The van der Waals surface area contributed by atoms with Crippen molar-refractivity contribution in [3.05, 3.63) is 115 Å². The van der Waals surface area contributed by atoms with E-state index in [1.807, 2.05) is 91.0 Å². The van der Waals surface area contributed by atoms with Crippen molar-refractivity contribution in [2.24, 2.45) is 0 Å². The first-order valence-corrected chi connectivity index (χ1v) is 39.4. The number of rotatable bonds is 45. The minimum Gasteiger partial charge on any atom is -0.491 e. The SMILES string of the molecule is CCOP(=O)(COC(COc1ccccc1)Cn1c(Br)nc2c(N)nc(OCCOC)nc21)OCC.CCOP(=O)(COC(COc1ccccc1)Cn1cnc2c(N)nc(OCCOC)nc21)OCC.COCCOc1nc(N)c2[nH]cnc2n1.COCCOc1nc(N)c2ncn(CC(O)COc3ccccc3)c2n1. The summed E-state index contributed by atoms with van der Waals surface area (Å²) in [7, 11) is -0.544. The Morgan fingerprint density at radius 3 is 1.23 bits per heavy atom. The second-order valence-electron chi connectivity index (χ2n) is 23.1. The van der Waals surface area contributed by atoms with Crippen molar-refractivity contribution in [2.45, 2.75) is 65.6 Å². The van der Waals surface area contributed by atoms with Crippen LogP contribution in [0.4, 0.5) is 23.3 Å². The molecule has 43 heteroatoms. The summed E-state index contributed by atoms with van der Waals surface area (Å²) in [5.74, 6) is 2.94. The predicted molar refractivity (Wildman–Crippen MR) is 416 cm³/mol. The van der Waals surface area contributed by atoms with E-state index < -0.39 is 33.5 Å². The minimum absolute atomic E-state index is 0.0981. The molecule has 0 fully saturated rings. The third kappa shape index (κ3) is 27.5. The van der Waals surface area contributed by atoms with E-state index in [1.165, 1.54) is 6.33 Å². The number of aliphatic hydroxyl groups is 1. The number of halogens is 1. The molecule has 3 atom stereocenters. The lowest BCUT2D eigenvalue weighted by Gasteiger charge is -2.23. The maximum atomic E-state index is 13.0. The van der Waals surface area contributed by atoms with Gasteiger partial charge < -0.3 is 126 Å². The smallest absolute Gasteiger partial charge is 0.356 e. The van der Waals surface area contributed by atoms with Gasteiger partial charge in [0.25, 0.3) is 0 Å². The van der Waals surface area contributed by atoms with Gasteiger partial charge in [0, 0.05) is 28.4 Å². The average Bonchev–Trinajstić information content (AvgIpc) is 1.63. The molecule has 8 aromatic heterocycles. The van der Waals surface area contributed by atoms with Crippen LogP contribution in [0.1, 0.15) is 27.7 Å². The van der Waals surface area contributed by atoms with Gasteiger partial charge in [-0.1, -0.05) is 54.6 Å². The van der Waals surface area contributed by atoms with Gasteiger partial charge in [0.05, 0.1) is 91.5 Å². The number of nitrogen functional groups attached to an aromatic ring is 4. The number of hydrogen-bond acceptors (Lipinski definition) is 36. The molecule has 0 spiro atoms. The molecular weight excluding hydrogens is 1570 g/mol. The van der Waals surface area contributed by atoms with Crippen molar-refractivity contribution in [3.63, 3.8) is 0 Å². The van der Waals surface area contributed by atoms with E-state index in [4.69, 9.17) is 103 Å². The Morgan fingerprint density at radius 2 is 0.812 bits per heavy atom. The Kier molecular flexibility index (Phi) is 36.2. The molecule has 0 radical (unpaired) electrons. The zero-order valence-electron chi connectivity index (χ0n) is 63.3. The molecule has 3 unspecified atom stereocenters. The Balaban J connectivity index is 0.000000195. The lowest BCUT2D eigenvalue weighted by atomic mass is 10.3. The van der Waals surface area contributed by atoms with Crippen molar-refractivity contribution in [2.75, 3.05) is 163 Å². The number of nitrogens with zero attached hydrogens (tertiary/aromatic N) is 15. The van der Waals surface area contributed by atoms with Gasteiger partial charge in [-0.05, 0) is 80.0 Å². The maximum Gasteiger partial charge on any atom is 0.356 e. The Hall–Kier alpha value is -9.84. The van der Waals surface area contributed by atoms with Crippen LogP contribution in [-0.4, -0.2) is 242 Å². The predicted octanol–water partition coefficient (Wildman–Crippen LogP) is 7.84. The summed E-state index contributed by atoms with van der Waals surface area (Å²) in [6, 6.07) is 28.5. The quantitative estimate of drug-likeness (QED) is 0.0120. The number of nitrogens with two attached hydrogens (primary N) is 4. The summed E-state index contributed by atoms with van der Waals surface area (Å²) >= 11 is 3.46. The average molecular weight is 1670 g/mol. The van der Waals surface area contributed by atoms with E-state index in [2.05, 4.69) is 80.7 Å². The maximum absolute atomic E-state index is 13.0. The molecular formula is C69H95BrN20O20P2. The highest BCUT2D eigenvalue weighted by Gasteiger charge is 2.30. The van der Waals surface area contributed by atoms with Crippen LogP contribution in [0, 0.1) is 0 Å². The molecule has 8 heterocycles. The van der Waals surface area contributed by atoms with E-state index in [0.29, 0.717) is 112 Å². The number of aromatic amines is 1. The highest BCUT2D eigenvalue weighted by Crippen LogP contribution is 2.49. The Bertz CT molecular complexity index is 4660. The molecule has 11 aromatic rings. The standard InChI is InChI=1S/C22H31BrN5O7P.C22H32N5O7P.C17H21N5O4.C8H11N5O2/c1-4-34-36(29,35-5-2)15-33-17(14-32-16-9-7-6-8-10-16)13-28-20-18(25-21(28)23)19(24)26-22(27-20)31-12-11-30-3;1-4-33-35(28,34-5-2)16-32-18(14-31-17-9-7-6-8-10-17)13-27-15-24-19-20(23)25-22(26-21(19)27)30-12-11-29-3;1-24-7-8-25-17-20-15(18)14-16(21-17)22(11-19-14)9-12(23)10-26-13-5-3-2-4-6-13;1-14-2-3-15-8-12-6(9)5-7(13-8)11-4-10-5/h6-10,17H,4-5,11-15H2,1-3H3,(H2,24,26,27);6-10,15,18H,4-5,11-14,16H2,1-3H3,(H2,23,25,26);2-6,11-12,23H,7-10H2,1H3,(H2,18,20,21);4H,2-3H2,1H3,(H3,9,10,11,12,13). The van der Waals surface area contributed by atoms with Crippen molar-refractivity contribution < 1.29 is 93.9 Å². The van der Waals surface area contributed by atoms with Gasteiger partial charge in [-0.3, -0.25) is 9.13 Å². The van der Waals surface area contributed by atoms with Gasteiger partial charge >= 0.3 is 39.2 Å². The third-order valence-electron chi connectivity index (χ3n) is 14.8. The first-order valence-electron chi connectivity index (χ1n) is 35.1. The fourth-order valence-corrected chi connectivity index (χ4v) is 13.1. The molecule has 0 aliphatic carbocycles. The number of ether oxygens (including phenoxy) is 13. The van der Waals surface area contributed by atoms with Crippen molar-refractivity contribution >= 4 is 99.0 Å². The van der Waals surface area contributed by atoms with Crippen LogP contribution in [0.5, 0.6) is 41.3 Å². The number of fused-ring (bicyclic) bond motifs is 4. The van der Waals surface area contributed by atoms with Crippen LogP contribution in [0.25, 0.3) is 44.7 Å². The molecule has 11 rings (SSSR count). The summed E-state index contributed by atoms with van der Waals surface area (Å²) in [6.45, 7) is 12.0. The van der Waals surface area contributed by atoms with E-state index >= 15 is 0 Å². The lowest BCUT2D eigenvalue weighted by molar-refractivity contribution is 0.0227. The van der Waals surface area contributed by atoms with E-state index in [1.54, 1.807) is 82.5 Å². The zero-order valence-corrected chi connectivity index (χ0v) is 66.6. The topological polar surface area (TPSA) is 501 Å². The third-order valence-corrected chi connectivity index (χ3v) is 19.0. The van der Waals surface area contributed by atoms with Gasteiger partial charge in [-0.15, -0.1) is 0 Å². The first-order chi connectivity index (χ1) is 54.3. The highest BCUT2D eigenvalue weighted by molar-refractivity contribution is 9.10. The number of hydrogen-bond donors (Lipinski definition) is 6. The number of nitrogens with one attached hydrogen (secondary N) is 1. The highest BCUT2D eigenvalue weighted by atomic mass is 79.9. The number of para-hydroxylation sites is 3. The normalized spacial score (nSPS) is 12.3. The molecule has 0 aliphatic rings. The Morgan fingerprint density at radius 1 is 0.438 bits per heavy atom.